The Labute approximate surface area is 163 Å². The van der Waals surface area contributed by atoms with Crippen molar-refractivity contribution >= 4 is 29.1 Å². The molecule has 28 heavy (non-hydrogen) atoms. The highest BCUT2D eigenvalue weighted by Crippen LogP contribution is 2.28. The van der Waals surface area contributed by atoms with Gasteiger partial charge in [-0.05, 0) is 49.2 Å². The summed E-state index contributed by atoms with van der Waals surface area (Å²) in [6, 6.07) is 14.5. The van der Waals surface area contributed by atoms with Gasteiger partial charge >= 0.3 is 0 Å². The Bertz CT molecular complexity index is 924. The number of aliphatic imine (C=N–C) groups is 1. The van der Waals surface area contributed by atoms with E-state index in [1.807, 2.05) is 30.0 Å². The van der Waals surface area contributed by atoms with Crippen LogP contribution in [0, 0.1) is 0 Å². The predicted molar refractivity (Wildman–Crippen MR) is 108 cm³/mol. The standard InChI is InChI=1S/C21H22N4O3/c1-2-28-16-9-7-15(8-10-16)22-19(26)13-17-20(27)24-21(23-17)25-12-11-14-5-3-4-6-18(14)25/h3-10,17H,2,11-13H2,1H3,(H,22,26)(H,23,24,27). The summed E-state index contributed by atoms with van der Waals surface area (Å²) in [4.78, 5) is 31.1. The molecule has 0 spiro atoms. The van der Waals surface area contributed by atoms with Crippen molar-refractivity contribution in [1.82, 2.24) is 5.32 Å². The monoisotopic (exact) mass is 378 g/mol. The van der Waals surface area contributed by atoms with Crippen LogP contribution in [0.15, 0.2) is 53.5 Å². The molecule has 1 unspecified atom stereocenters. The van der Waals surface area contributed by atoms with Gasteiger partial charge in [0.15, 0.2) is 0 Å². The fourth-order valence-electron chi connectivity index (χ4n) is 3.45. The molecule has 7 nitrogen and oxygen atoms in total. The Morgan fingerprint density at radius 2 is 2.04 bits per heavy atom. The molecule has 144 valence electrons. The van der Waals surface area contributed by atoms with E-state index in [1.54, 1.807) is 24.3 Å². The van der Waals surface area contributed by atoms with Crippen LogP contribution in [0.3, 0.4) is 0 Å². The average Bonchev–Trinajstić information content (AvgIpc) is 3.27. The third-order valence-electron chi connectivity index (χ3n) is 4.79. The minimum Gasteiger partial charge on any atom is -0.494 e. The largest absolute Gasteiger partial charge is 0.494 e. The van der Waals surface area contributed by atoms with Crippen molar-refractivity contribution in [2.45, 2.75) is 25.8 Å². The maximum atomic E-state index is 12.3. The molecule has 0 bridgehead atoms. The normalized spacial score (nSPS) is 17.8. The van der Waals surface area contributed by atoms with Crippen LogP contribution in [0.2, 0.25) is 0 Å². The van der Waals surface area contributed by atoms with Gasteiger partial charge in [-0.15, -0.1) is 0 Å². The van der Waals surface area contributed by atoms with E-state index in [0.29, 0.717) is 18.3 Å². The Morgan fingerprint density at radius 3 is 2.82 bits per heavy atom. The SMILES string of the molecule is CCOc1ccc(NC(=O)CC2N=C(N3CCc4ccccc43)NC2=O)cc1. The number of rotatable bonds is 5. The molecule has 0 saturated heterocycles. The number of carbonyl (C=O) groups is 2. The lowest BCUT2D eigenvalue weighted by atomic mass is 10.2. The molecule has 2 amide bonds. The first-order chi connectivity index (χ1) is 13.6. The molecule has 1 atom stereocenters. The Balaban J connectivity index is 1.39. The van der Waals surface area contributed by atoms with Gasteiger partial charge in [-0.3, -0.25) is 14.9 Å². The number of amides is 2. The minimum atomic E-state index is -0.717. The molecule has 2 aromatic rings. The molecular formula is C21H22N4O3. The van der Waals surface area contributed by atoms with Gasteiger partial charge in [0, 0.05) is 17.9 Å². The number of carbonyl (C=O) groups excluding carboxylic acids is 2. The van der Waals surface area contributed by atoms with Gasteiger partial charge in [0.1, 0.15) is 11.8 Å². The zero-order valence-corrected chi connectivity index (χ0v) is 15.6. The molecule has 2 aliphatic rings. The summed E-state index contributed by atoms with van der Waals surface area (Å²) in [5.41, 5.74) is 2.95. The van der Waals surface area contributed by atoms with E-state index in [2.05, 4.69) is 21.7 Å². The van der Waals surface area contributed by atoms with Gasteiger partial charge in [0.2, 0.25) is 11.9 Å². The Morgan fingerprint density at radius 1 is 1.25 bits per heavy atom. The van der Waals surface area contributed by atoms with Crippen LogP contribution >= 0.6 is 0 Å². The van der Waals surface area contributed by atoms with Gasteiger partial charge in [0.25, 0.3) is 5.91 Å². The molecule has 2 aromatic carbocycles. The first-order valence-electron chi connectivity index (χ1n) is 9.41. The molecule has 0 radical (unpaired) electrons. The third kappa shape index (κ3) is 3.69. The number of nitrogens with zero attached hydrogens (tertiary/aromatic N) is 2. The predicted octanol–water partition coefficient (Wildman–Crippen LogP) is 2.33. The van der Waals surface area contributed by atoms with Crippen molar-refractivity contribution < 1.29 is 14.3 Å². The maximum Gasteiger partial charge on any atom is 0.252 e. The lowest BCUT2D eigenvalue weighted by molar-refractivity contribution is -0.123. The lowest BCUT2D eigenvalue weighted by Gasteiger charge is -2.18. The van der Waals surface area contributed by atoms with Gasteiger partial charge < -0.3 is 15.0 Å². The summed E-state index contributed by atoms with van der Waals surface area (Å²) in [7, 11) is 0. The molecule has 2 aliphatic heterocycles. The van der Waals surface area contributed by atoms with Crippen molar-refractivity contribution in [2.24, 2.45) is 4.99 Å². The van der Waals surface area contributed by atoms with Crippen LogP contribution in [-0.2, 0) is 16.0 Å². The van der Waals surface area contributed by atoms with Gasteiger partial charge in [-0.1, -0.05) is 18.2 Å². The highest BCUT2D eigenvalue weighted by atomic mass is 16.5. The molecule has 0 saturated carbocycles. The molecule has 7 heteroatoms. The summed E-state index contributed by atoms with van der Waals surface area (Å²) < 4.78 is 5.38. The number of hydrogen-bond donors (Lipinski definition) is 2. The van der Waals surface area contributed by atoms with E-state index >= 15 is 0 Å². The van der Waals surface area contributed by atoms with Crippen molar-refractivity contribution in [1.29, 1.82) is 0 Å². The quantitative estimate of drug-likeness (QED) is 0.837. The van der Waals surface area contributed by atoms with Crippen molar-refractivity contribution in [3.63, 3.8) is 0 Å². The summed E-state index contributed by atoms with van der Waals surface area (Å²) >= 11 is 0. The van der Waals surface area contributed by atoms with Gasteiger partial charge in [-0.25, -0.2) is 4.99 Å². The van der Waals surface area contributed by atoms with Crippen LogP contribution in [0.5, 0.6) is 5.75 Å². The first-order valence-corrected chi connectivity index (χ1v) is 9.41. The van der Waals surface area contributed by atoms with Crippen molar-refractivity contribution in [2.75, 3.05) is 23.4 Å². The zero-order valence-electron chi connectivity index (χ0n) is 15.6. The van der Waals surface area contributed by atoms with Crippen LogP contribution < -0.4 is 20.3 Å². The van der Waals surface area contributed by atoms with E-state index in [1.165, 1.54) is 5.56 Å². The molecular weight excluding hydrogens is 356 g/mol. The summed E-state index contributed by atoms with van der Waals surface area (Å²) in [5, 5.41) is 5.62. The number of nitrogens with one attached hydrogen (secondary N) is 2. The highest BCUT2D eigenvalue weighted by molar-refractivity contribution is 6.13. The highest BCUT2D eigenvalue weighted by Gasteiger charge is 2.33. The number of ether oxygens (including phenoxy) is 1. The van der Waals surface area contributed by atoms with E-state index in [4.69, 9.17) is 4.74 Å². The Kier molecular flexibility index (Phi) is 4.97. The number of fused-ring (bicyclic) bond motifs is 1. The van der Waals surface area contributed by atoms with Crippen LogP contribution in [0.1, 0.15) is 18.9 Å². The second-order valence-electron chi connectivity index (χ2n) is 6.70. The van der Waals surface area contributed by atoms with E-state index in [-0.39, 0.29) is 18.2 Å². The number of hydrogen-bond acceptors (Lipinski definition) is 5. The summed E-state index contributed by atoms with van der Waals surface area (Å²) in [6.07, 6.45) is 0.909. The topological polar surface area (TPSA) is 83.0 Å². The smallest absolute Gasteiger partial charge is 0.252 e. The molecule has 2 N–H and O–H groups in total. The maximum absolute atomic E-state index is 12.3. The van der Waals surface area contributed by atoms with Crippen LogP contribution in [0.25, 0.3) is 0 Å². The lowest BCUT2D eigenvalue weighted by Crippen LogP contribution is -2.40. The number of guanidine groups is 1. The van der Waals surface area contributed by atoms with E-state index in [0.717, 1.165) is 24.4 Å². The van der Waals surface area contributed by atoms with Gasteiger partial charge in [-0.2, -0.15) is 0 Å². The average molecular weight is 378 g/mol. The van der Waals surface area contributed by atoms with Crippen molar-refractivity contribution in [3.8, 4) is 5.75 Å². The molecule has 0 fully saturated rings. The fraction of sp³-hybridized carbons (Fsp3) is 0.286. The third-order valence-corrected chi connectivity index (χ3v) is 4.79. The number of para-hydroxylation sites is 1. The van der Waals surface area contributed by atoms with E-state index in [9.17, 15) is 9.59 Å². The zero-order chi connectivity index (χ0) is 19.5. The van der Waals surface area contributed by atoms with Crippen molar-refractivity contribution in [3.05, 3.63) is 54.1 Å². The molecule has 0 aliphatic carbocycles. The van der Waals surface area contributed by atoms with Crippen LogP contribution in [-0.4, -0.2) is 37.0 Å². The molecule has 0 aromatic heterocycles. The number of benzene rings is 2. The fourth-order valence-corrected chi connectivity index (χ4v) is 3.45. The molecule has 4 rings (SSSR count). The van der Waals surface area contributed by atoms with E-state index < -0.39 is 6.04 Å². The Hall–Kier alpha value is -3.35. The second kappa shape index (κ2) is 7.72. The summed E-state index contributed by atoms with van der Waals surface area (Å²) in [5.74, 6) is 0.766. The van der Waals surface area contributed by atoms with Gasteiger partial charge in [0.05, 0.1) is 13.0 Å². The molecule has 2 heterocycles. The minimum absolute atomic E-state index is 0.00195. The second-order valence-corrected chi connectivity index (χ2v) is 6.70. The number of anilines is 2. The van der Waals surface area contributed by atoms with Crippen LogP contribution in [0.4, 0.5) is 11.4 Å². The first kappa shape index (κ1) is 18.0. The summed E-state index contributed by atoms with van der Waals surface area (Å²) in [6.45, 7) is 3.27.